The third kappa shape index (κ3) is 5.45. The number of carbonyl (C=O) groups excluding carboxylic acids is 1. The maximum absolute atomic E-state index is 13.0. The highest BCUT2D eigenvalue weighted by molar-refractivity contribution is 7.92. The number of sulfonamides is 1. The van der Waals surface area contributed by atoms with Gasteiger partial charge in [-0.15, -0.1) is 0 Å². The average molecular weight is 496 g/mol. The Morgan fingerprint density at radius 1 is 1.09 bits per heavy atom. The van der Waals surface area contributed by atoms with Gasteiger partial charge in [-0.3, -0.25) is 14.0 Å². The maximum atomic E-state index is 13.0. The van der Waals surface area contributed by atoms with Gasteiger partial charge in [-0.1, -0.05) is 17.7 Å². The summed E-state index contributed by atoms with van der Waals surface area (Å²) in [4.78, 5) is 16.9. The molecule has 1 amide bonds. The lowest BCUT2D eigenvalue weighted by atomic mass is 10.1. The fourth-order valence-electron chi connectivity index (χ4n) is 3.91. The van der Waals surface area contributed by atoms with Crippen molar-refractivity contribution in [2.75, 3.05) is 57.2 Å². The van der Waals surface area contributed by atoms with Crippen molar-refractivity contribution in [2.24, 2.45) is 0 Å². The quantitative estimate of drug-likeness (QED) is 0.581. The van der Waals surface area contributed by atoms with E-state index in [0.29, 0.717) is 37.0 Å². The Labute approximate surface area is 198 Å². The van der Waals surface area contributed by atoms with Gasteiger partial charge in [-0.05, 0) is 35.9 Å². The van der Waals surface area contributed by atoms with E-state index in [0.717, 1.165) is 34.2 Å². The monoisotopic (exact) mass is 495 g/mol. The van der Waals surface area contributed by atoms with Crippen LogP contribution in [-0.4, -0.2) is 77.0 Å². The Hall–Kier alpha value is -2.69. The van der Waals surface area contributed by atoms with Gasteiger partial charge in [0, 0.05) is 37.7 Å². The summed E-state index contributed by atoms with van der Waals surface area (Å²) in [5, 5.41) is 0.351. The molecule has 2 heterocycles. The molecule has 0 saturated carbocycles. The molecule has 0 unspecified atom stereocenters. The first-order chi connectivity index (χ1) is 15.7. The van der Waals surface area contributed by atoms with Gasteiger partial charge in [0.1, 0.15) is 12.3 Å². The molecule has 4 rings (SSSR count). The summed E-state index contributed by atoms with van der Waals surface area (Å²) in [5.41, 5.74) is 1.35. The van der Waals surface area contributed by atoms with E-state index in [9.17, 15) is 13.2 Å². The van der Waals surface area contributed by atoms with Gasteiger partial charge in [0.05, 0.1) is 19.1 Å². The van der Waals surface area contributed by atoms with Gasteiger partial charge >= 0.3 is 0 Å². The Morgan fingerprint density at radius 3 is 2.52 bits per heavy atom. The molecule has 178 valence electrons. The normalized spacial score (nSPS) is 16.0. The molecule has 11 heteroatoms. The molecule has 33 heavy (non-hydrogen) atoms. The highest BCUT2D eigenvalue weighted by Gasteiger charge is 2.28. The average Bonchev–Trinajstić information content (AvgIpc) is 3.25. The van der Waals surface area contributed by atoms with Crippen LogP contribution in [0.15, 0.2) is 36.4 Å². The number of hydrogen-bond donors (Lipinski definition) is 0. The van der Waals surface area contributed by atoms with Crippen LogP contribution in [0.3, 0.4) is 0 Å². The van der Waals surface area contributed by atoms with Crippen molar-refractivity contribution < 1.29 is 27.4 Å². The Balaban J connectivity index is 1.39. The lowest BCUT2D eigenvalue weighted by Gasteiger charge is -2.36. The molecular formula is C22H26ClN3O6S. The minimum Gasteiger partial charge on any atom is -0.495 e. The van der Waals surface area contributed by atoms with Crippen molar-refractivity contribution in [3.63, 3.8) is 0 Å². The van der Waals surface area contributed by atoms with Crippen molar-refractivity contribution in [2.45, 2.75) is 6.54 Å². The number of methoxy groups -OCH3 is 1. The number of rotatable bonds is 7. The first-order valence-corrected chi connectivity index (χ1v) is 12.7. The van der Waals surface area contributed by atoms with Gasteiger partial charge in [-0.25, -0.2) is 8.42 Å². The minimum absolute atomic E-state index is 0.238. The fourth-order valence-corrected chi connectivity index (χ4v) is 4.93. The molecular weight excluding hydrogens is 470 g/mol. The van der Waals surface area contributed by atoms with E-state index in [-0.39, 0.29) is 24.9 Å². The Morgan fingerprint density at radius 2 is 1.82 bits per heavy atom. The van der Waals surface area contributed by atoms with Crippen molar-refractivity contribution >= 4 is 33.2 Å². The number of nitrogens with zero attached hydrogens (tertiary/aromatic N) is 3. The molecule has 0 bridgehead atoms. The summed E-state index contributed by atoms with van der Waals surface area (Å²) in [7, 11) is -2.30. The van der Waals surface area contributed by atoms with Crippen LogP contribution in [0.25, 0.3) is 0 Å². The summed E-state index contributed by atoms with van der Waals surface area (Å²) in [6.07, 6.45) is 1.06. The number of carbonyl (C=O) groups is 1. The van der Waals surface area contributed by atoms with Gasteiger partial charge in [-0.2, -0.15) is 0 Å². The number of anilines is 1. The standard InChI is InChI=1S/C22H26ClN3O6S/c1-30-19-6-4-17(23)12-18(19)26(33(2,28)29)14-22(27)25-9-7-24(8-10-25)13-16-3-5-20-21(11-16)32-15-31-20/h3-6,11-12H,7-10,13-15H2,1-2H3. The third-order valence-electron chi connectivity index (χ3n) is 5.66. The minimum atomic E-state index is -3.74. The highest BCUT2D eigenvalue weighted by Crippen LogP contribution is 2.34. The van der Waals surface area contributed by atoms with Gasteiger partial charge in [0.2, 0.25) is 22.7 Å². The van der Waals surface area contributed by atoms with E-state index in [2.05, 4.69) is 4.90 Å². The van der Waals surface area contributed by atoms with Crippen LogP contribution >= 0.6 is 11.6 Å². The van der Waals surface area contributed by atoms with Gasteiger partial charge in [0.15, 0.2) is 11.5 Å². The summed E-state index contributed by atoms with van der Waals surface area (Å²) in [6, 6.07) is 10.6. The number of benzene rings is 2. The molecule has 0 spiro atoms. The molecule has 0 radical (unpaired) electrons. The Kier molecular flexibility index (Phi) is 6.87. The first kappa shape index (κ1) is 23.5. The lowest BCUT2D eigenvalue weighted by molar-refractivity contribution is -0.131. The molecule has 2 aliphatic heterocycles. The molecule has 2 aliphatic rings. The lowest BCUT2D eigenvalue weighted by Crippen LogP contribution is -2.51. The largest absolute Gasteiger partial charge is 0.495 e. The van der Waals surface area contributed by atoms with Gasteiger partial charge < -0.3 is 19.1 Å². The zero-order valence-electron chi connectivity index (χ0n) is 18.5. The second-order valence-corrected chi connectivity index (χ2v) is 10.3. The number of piperazine rings is 1. The predicted molar refractivity (Wildman–Crippen MR) is 125 cm³/mol. The molecule has 0 N–H and O–H groups in total. The molecule has 1 fully saturated rings. The van der Waals surface area contributed by atoms with Crippen LogP contribution in [0.2, 0.25) is 5.02 Å². The zero-order chi connectivity index (χ0) is 23.6. The van der Waals surface area contributed by atoms with E-state index in [1.54, 1.807) is 17.0 Å². The molecule has 2 aromatic rings. The summed E-state index contributed by atoms with van der Waals surface area (Å²) in [5.74, 6) is 1.55. The van der Waals surface area contributed by atoms with Crippen LogP contribution in [0.4, 0.5) is 5.69 Å². The third-order valence-corrected chi connectivity index (χ3v) is 7.02. The van der Waals surface area contributed by atoms with Crippen LogP contribution in [0.5, 0.6) is 17.2 Å². The van der Waals surface area contributed by atoms with Crippen LogP contribution in [-0.2, 0) is 21.4 Å². The molecule has 0 aromatic heterocycles. The summed E-state index contributed by atoms with van der Waals surface area (Å²) in [6.45, 7) is 3.02. The van der Waals surface area contributed by atoms with Crippen molar-refractivity contribution in [1.82, 2.24) is 9.80 Å². The smallest absolute Gasteiger partial charge is 0.243 e. The van der Waals surface area contributed by atoms with E-state index < -0.39 is 10.0 Å². The van der Waals surface area contributed by atoms with E-state index in [4.69, 9.17) is 25.8 Å². The van der Waals surface area contributed by atoms with Crippen LogP contribution in [0.1, 0.15) is 5.56 Å². The topological polar surface area (TPSA) is 88.6 Å². The SMILES string of the molecule is COc1ccc(Cl)cc1N(CC(=O)N1CCN(Cc2ccc3c(c2)OCO3)CC1)S(C)(=O)=O. The fraction of sp³-hybridized carbons (Fsp3) is 0.409. The Bertz CT molecular complexity index is 1130. The van der Waals surface area contributed by atoms with Crippen LogP contribution < -0.4 is 18.5 Å². The molecule has 0 aliphatic carbocycles. The molecule has 1 saturated heterocycles. The predicted octanol–water partition coefficient (Wildman–Crippen LogP) is 2.19. The second kappa shape index (κ2) is 9.66. The molecule has 9 nitrogen and oxygen atoms in total. The molecule has 0 atom stereocenters. The maximum Gasteiger partial charge on any atom is 0.243 e. The van der Waals surface area contributed by atoms with Crippen molar-refractivity contribution in [3.05, 3.63) is 47.0 Å². The van der Waals surface area contributed by atoms with Crippen molar-refractivity contribution in [1.29, 1.82) is 0 Å². The zero-order valence-corrected chi connectivity index (χ0v) is 20.1. The van der Waals surface area contributed by atoms with E-state index in [1.165, 1.54) is 13.2 Å². The number of halogens is 1. The van der Waals surface area contributed by atoms with Crippen molar-refractivity contribution in [3.8, 4) is 17.2 Å². The van der Waals surface area contributed by atoms with Gasteiger partial charge in [0.25, 0.3) is 0 Å². The summed E-state index contributed by atoms with van der Waals surface area (Å²) >= 11 is 6.07. The number of ether oxygens (including phenoxy) is 3. The molecule has 2 aromatic carbocycles. The van der Waals surface area contributed by atoms with Crippen LogP contribution in [0, 0.1) is 0 Å². The number of fused-ring (bicyclic) bond motifs is 1. The number of amides is 1. The van der Waals surface area contributed by atoms with E-state index >= 15 is 0 Å². The highest BCUT2D eigenvalue weighted by atomic mass is 35.5. The van der Waals surface area contributed by atoms with E-state index in [1.807, 2.05) is 18.2 Å². The first-order valence-electron chi connectivity index (χ1n) is 10.4. The summed E-state index contributed by atoms with van der Waals surface area (Å²) < 4.78 is 42.1. The number of hydrogen-bond acceptors (Lipinski definition) is 7. The second-order valence-electron chi connectivity index (χ2n) is 7.93.